The van der Waals surface area contributed by atoms with Crippen molar-refractivity contribution in [1.29, 1.82) is 0 Å². The van der Waals surface area contributed by atoms with Crippen molar-refractivity contribution in [3.05, 3.63) is 30.1 Å². The van der Waals surface area contributed by atoms with Gasteiger partial charge in [-0.2, -0.15) is 0 Å². The van der Waals surface area contributed by atoms with Crippen LogP contribution in [0.3, 0.4) is 0 Å². The van der Waals surface area contributed by atoms with Crippen LogP contribution in [0.25, 0.3) is 0 Å². The van der Waals surface area contributed by atoms with Crippen molar-refractivity contribution >= 4 is 22.9 Å². The number of likely N-dealkylation sites (N-methyl/N-ethyl adjacent to an activating group) is 1. The molecule has 2 heterocycles. The SMILES string of the molecule is CC1N=C(c2cccnc2)SC1N(C)C(=O)OC1(C)CCCCC1. The van der Waals surface area contributed by atoms with Crippen LogP contribution in [0.4, 0.5) is 4.79 Å². The second kappa shape index (κ2) is 7.13. The second-order valence-electron chi connectivity index (χ2n) is 6.91. The average molecular weight is 347 g/mol. The van der Waals surface area contributed by atoms with Crippen LogP contribution in [0.15, 0.2) is 29.5 Å². The Hall–Kier alpha value is -1.56. The third kappa shape index (κ3) is 3.74. The monoisotopic (exact) mass is 347 g/mol. The zero-order valence-corrected chi connectivity index (χ0v) is 15.4. The van der Waals surface area contributed by atoms with Crippen LogP contribution in [0.5, 0.6) is 0 Å². The molecule has 130 valence electrons. The number of carbonyl (C=O) groups excluding carboxylic acids is 1. The van der Waals surface area contributed by atoms with Gasteiger partial charge in [0.25, 0.3) is 0 Å². The fraction of sp³-hybridized carbons (Fsp3) is 0.611. The number of nitrogens with zero attached hydrogens (tertiary/aromatic N) is 3. The van der Waals surface area contributed by atoms with Gasteiger partial charge in [-0.15, -0.1) is 0 Å². The van der Waals surface area contributed by atoms with E-state index in [1.807, 2.05) is 32.3 Å². The summed E-state index contributed by atoms with van der Waals surface area (Å²) >= 11 is 1.60. The summed E-state index contributed by atoms with van der Waals surface area (Å²) in [4.78, 5) is 23.2. The quantitative estimate of drug-likeness (QED) is 0.827. The van der Waals surface area contributed by atoms with Gasteiger partial charge in [0.2, 0.25) is 0 Å². The molecule has 2 atom stereocenters. The number of aliphatic imine (C=N–C) groups is 1. The zero-order valence-electron chi connectivity index (χ0n) is 14.6. The maximum Gasteiger partial charge on any atom is 0.411 e. The standard InChI is InChI=1S/C18H25N3O2S/c1-13-16(24-15(20-13)14-8-7-11-19-12-14)21(3)17(22)23-18(2)9-5-4-6-10-18/h7-8,11-13,16H,4-6,9-10H2,1-3H3. The van der Waals surface area contributed by atoms with Crippen molar-refractivity contribution in [2.75, 3.05) is 7.05 Å². The van der Waals surface area contributed by atoms with Gasteiger partial charge in [0.05, 0.1) is 6.04 Å². The first kappa shape index (κ1) is 17.3. The Morgan fingerprint density at radius 1 is 1.38 bits per heavy atom. The third-order valence-electron chi connectivity index (χ3n) is 4.79. The molecule has 24 heavy (non-hydrogen) atoms. The van der Waals surface area contributed by atoms with Crippen LogP contribution in [0, 0.1) is 0 Å². The van der Waals surface area contributed by atoms with E-state index in [0.717, 1.165) is 36.3 Å². The first-order valence-corrected chi connectivity index (χ1v) is 9.47. The van der Waals surface area contributed by atoms with Crippen molar-refractivity contribution in [3.8, 4) is 0 Å². The van der Waals surface area contributed by atoms with E-state index in [0.29, 0.717) is 0 Å². The van der Waals surface area contributed by atoms with Crippen molar-refractivity contribution in [2.45, 2.75) is 63.0 Å². The molecule has 2 aliphatic rings. The highest BCUT2D eigenvalue weighted by Gasteiger charge is 2.37. The predicted molar refractivity (Wildman–Crippen MR) is 97.3 cm³/mol. The van der Waals surface area contributed by atoms with E-state index in [9.17, 15) is 4.79 Å². The summed E-state index contributed by atoms with van der Waals surface area (Å²) in [6.07, 6.45) is 8.73. The Labute approximate surface area is 147 Å². The van der Waals surface area contributed by atoms with Gasteiger partial charge >= 0.3 is 6.09 Å². The van der Waals surface area contributed by atoms with Gasteiger partial charge in [0, 0.05) is 25.0 Å². The Kier molecular flexibility index (Phi) is 5.13. The molecule has 0 N–H and O–H groups in total. The van der Waals surface area contributed by atoms with Gasteiger partial charge in [-0.3, -0.25) is 14.9 Å². The first-order chi connectivity index (χ1) is 11.5. The number of amides is 1. The summed E-state index contributed by atoms with van der Waals surface area (Å²) in [6, 6.07) is 3.93. The second-order valence-corrected chi connectivity index (χ2v) is 8.02. The Morgan fingerprint density at radius 3 is 2.79 bits per heavy atom. The molecule has 0 aromatic carbocycles. The van der Waals surface area contributed by atoms with Crippen LogP contribution < -0.4 is 0 Å². The fourth-order valence-corrected chi connectivity index (χ4v) is 4.53. The topological polar surface area (TPSA) is 54.8 Å². The van der Waals surface area contributed by atoms with Crippen molar-refractivity contribution in [2.24, 2.45) is 4.99 Å². The molecule has 1 aromatic rings. The maximum atomic E-state index is 12.6. The van der Waals surface area contributed by atoms with Crippen LogP contribution >= 0.6 is 11.8 Å². The third-order valence-corrected chi connectivity index (χ3v) is 6.31. The lowest BCUT2D eigenvalue weighted by Gasteiger charge is -2.36. The molecule has 0 saturated heterocycles. The first-order valence-electron chi connectivity index (χ1n) is 8.59. The molecule has 0 spiro atoms. The highest BCUT2D eigenvalue weighted by molar-refractivity contribution is 8.15. The molecule has 1 amide bonds. The minimum Gasteiger partial charge on any atom is -0.443 e. The maximum absolute atomic E-state index is 12.6. The highest BCUT2D eigenvalue weighted by Crippen LogP contribution is 2.35. The molecule has 0 radical (unpaired) electrons. The molecule has 1 saturated carbocycles. The molecule has 1 aromatic heterocycles. The van der Waals surface area contributed by atoms with E-state index in [1.54, 1.807) is 22.9 Å². The Morgan fingerprint density at radius 2 is 2.12 bits per heavy atom. The summed E-state index contributed by atoms with van der Waals surface area (Å²) in [7, 11) is 1.81. The van der Waals surface area contributed by atoms with Gasteiger partial charge in [0.1, 0.15) is 16.0 Å². The summed E-state index contributed by atoms with van der Waals surface area (Å²) < 4.78 is 5.85. The molecule has 2 unspecified atom stereocenters. The largest absolute Gasteiger partial charge is 0.443 e. The lowest BCUT2D eigenvalue weighted by Crippen LogP contribution is -2.44. The molecular weight excluding hydrogens is 322 g/mol. The van der Waals surface area contributed by atoms with Gasteiger partial charge in [-0.1, -0.05) is 18.2 Å². The van der Waals surface area contributed by atoms with E-state index in [2.05, 4.69) is 11.9 Å². The smallest absolute Gasteiger partial charge is 0.411 e. The van der Waals surface area contributed by atoms with Crippen LogP contribution in [0.1, 0.15) is 51.5 Å². The normalized spacial score (nSPS) is 25.9. The van der Waals surface area contributed by atoms with Gasteiger partial charge < -0.3 is 4.74 Å². The lowest BCUT2D eigenvalue weighted by molar-refractivity contribution is -0.0193. The Bertz CT molecular complexity index is 614. The average Bonchev–Trinajstić information content (AvgIpc) is 2.97. The summed E-state index contributed by atoms with van der Waals surface area (Å²) in [5, 5.41) is 0.893. The van der Waals surface area contributed by atoms with Crippen LogP contribution in [-0.2, 0) is 4.74 Å². The van der Waals surface area contributed by atoms with E-state index >= 15 is 0 Å². The molecule has 1 aliphatic heterocycles. The zero-order chi connectivity index (χ0) is 17.2. The molecule has 5 nitrogen and oxygen atoms in total. The highest BCUT2D eigenvalue weighted by atomic mass is 32.2. The molecule has 3 rings (SSSR count). The number of rotatable bonds is 3. The number of carbonyl (C=O) groups is 1. The van der Waals surface area contributed by atoms with E-state index < -0.39 is 0 Å². The number of hydrogen-bond donors (Lipinski definition) is 0. The minimum atomic E-state index is -0.316. The number of aromatic nitrogens is 1. The predicted octanol–water partition coefficient (Wildman–Crippen LogP) is 4.08. The summed E-state index contributed by atoms with van der Waals surface area (Å²) in [6.45, 7) is 4.09. The Balaban J connectivity index is 1.63. The lowest BCUT2D eigenvalue weighted by atomic mass is 9.86. The van der Waals surface area contributed by atoms with E-state index in [1.165, 1.54) is 6.42 Å². The number of ether oxygens (including phenoxy) is 1. The van der Waals surface area contributed by atoms with Crippen LogP contribution in [0.2, 0.25) is 0 Å². The molecule has 0 bridgehead atoms. The van der Waals surface area contributed by atoms with Gasteiger partial charge in [-0.05, 0) is 51.7 Å². The minimum absolute atomic E-state index is 0.0296. The van der Waals surface area contributed by atoms with Crippen molar-refractivity contribution in [1.82, 2.24) is 9.88 Å². The molecular formula is C18H25N3O2S. The van der Waals surface area contributed by atoms with Crippen LogP contribution in [-0.4, -0.2) is 45.1 Å². The summed E-state index contributed by atoms with van der Waals surface area (Å²) in [5.41, 5.74) is 0.682. The molecule has 1 aliphatic carbocycles. The van der Waals surface area contributed by atoms with E-state index in [4.69, 9.17) is 9.73 Å². The van der Waals surface area contributed by atoms with Gasteiger partial charge in [0.15, 0.2) is 0 Å². The number of pyridine rings is 1. The van der Waals surface area contributed by atoms with Crippen molar-refractivity contribution < 1.29 is 9.53 Å². The number of thioether (sulfide) groups is 1. The fourth-order valence-electron chi connectivity index (χ4n) is 3.31. The number of hydrogen-bond acceptors (Lipinski definition) is 5. The molecule has 1 fully saturated rings. The van der Waals surface area contributed by atoms with E-state index in [-0.39, 0.29) is 23.1 Å². The van der Waals surface area contributed by atoms with Gasteiger partial charge in [-0.25, -0.2) is 4.79 Å². The molecule has 6 heteroatoms. The van der Waals surface area contributed by atoms with Crippen molar-refractivity contribution in [3.63, 3.8) is 0 Å². The summed E-state index contributed by atoms with van der Waals surface area (Å²) in [5.74, 6) is 0.